The van der Waals surface area contributed by atoms with Crippen molar-refractivity contribution < 1.29 is 9.59 Å². The highest BCUT2D eigenvalue weighted by Crippen LogP contribution is 2.19. The molecule has 0 bridgehead atoms. The molecule has 2 amide bonds. The molecule has 0 aromatic heterocycles. The lowest BCUT2D eigenvalue weighted by atomic mass is 10.0. The number of nitrogens with one attached hydrogen (secondary N) is 1. The smallest absolute Gasteiger partial charge is 0.242 e. The predicted octanol–water partition coefficient (Wildman–Crippen LogP) is 4.32. The molecule has 4 heteroatoms. The second-order valence-electron chi connectivity index (χ2n) is 8.27. The first-order chi connectivity index (χ1) is 13.9. The van der Waals surface area contributed by atoms with E-state index in [0.717, 1.165) is 24.0 Å². The summed E-state index contributed by atoms with van der Waals surface area (Å²) in [6, 6.07) is 15.7. The summed E-state index contributed by atoms with van der Waals surface area (Å²) in [6.45, 7) is 6.40. The quantitative estimate of drug-likeness (QED) is 0.763. The Bertz CT molecular complexity index is 841. The molecule has 1 N–H and O–H groups in total. The van der Waals surface area contributed by atoms with Crippen molar-refractivity contribution in [1.82, 2.24) is 10.2 Å². The van der Waals surface area contributed by atoms with Gasteiger partial charge in [0.2, 0.25) is 11.8 Å². The monoisotopic (exact) mass is 392 g/mol. The first-order valence-electron chi connectivity index (χ1n) is 10.6. The molecular weight excluding hydrogens is 360 g/mol. The number of amides is 2. The van der Waals surface area contributed by atoms with Gasteiger partial charge in [0.15, 0.2) is 0 Å². The number of aryl methyl sites for hydroxylation is 2. The van der Waals surface area contributed by atoms with Crippen LogP contribution in [0.25, 0.3) is 0 Å². The lowest BCUT2D eigenvalue weighted by molar-refractivity contribution is -0.140. The van der Waals surface area contributed by atoms with Crippen LogP contribution >= 0.6 is 0 Å². The topological polar surface area (TPSA) is 49.4 Å². The van der Waals surface area contributed by atoms with Crippen molar-refractivity contribution >= 4 is 11.8 Å². The maximum absolute atomic E-state index is 13.2. The van der Waals surface area contributed by atoms with Crippen molar-refractivity contribution in [2.24, 2.45) is 0 Å². The van der Waals surface area contributed by atoms with Crippen molar-refractivity contribution in [2.75, 3.05) is 0 Å². The van der Waals surface area contributed by atoms with Crippen LogP contribution in [0.2, 0.25) is 0 Å². The van der Waals surface area contributed by atoms with Crippen LogP contribution in [-0.2, 0) is 22.6 Å². The minimum absolute atomic E-state index is 0.0221. The Morgan fingerprint density at radius 1 is 1.00 bits per heavy atom. The van der Waals surface area contributed by atoms with Gasteiger partial charge >= 0.3 is 0 Å². The van der Waals surface area contributed by atoms with Crippen molar-refractivity contribution in [3.63, 3.8) is 0 Å². The van der Waals surface area contributed by atoms with E-state index < -0.39 is 6.04 Å². The Morgan fingerprint density at radius 2 is 1.69 bits per heavy atom. The molecule has 4 nitrogen and oxygen atoms in total. The van der Waals surface area contributed by atoms with Crippen LogP contribution in [0, 0.1) is 13.8 Å². The second-order valence-corrected chi connectivity index (χ2v) is 8.27. The van der Waals surface area contributed by atoms with Gasteiger partial charge in [-0.3, -0.25) is 9.59 Å². The summed E-state index contributed by atoms with van der Waals surface area (Å²) in [7, 11) is 0. The third-order valence-electron chi connectivity index (χ3n) is 5.99. The standard InChI is InChI=1S/C25H32N2O2/c1-18-13-14-22(15-19(18)2)16-24(28)27(17-21-9-5-4-6-10-21)20(3)25(29)26-23-11-7-8-12-23/h4-6,9-10,13-15,20,23H,7-8,11-12,16-17H2,1-3H3,(H,26,29)/t20-/m1/s1. The molecule has 2 aromatic carbocycles. The van der Waals surface area contributed by atoms with Crippen molar-refractivity contribution in [1.29, 1.82) is 0 Å². The third kappa shape index (κ3) is 5.69. The zero-order chi connectivity index (χ0) is 20.8. The Labute approximate surface area is 174 Å². The van der Waals surface area contributed by atoms with E-state index >= 15 is 0 Å². The SMILES string of the molecule is Cc1ccc(CC(=O)N(Cc2ccccc2)[C@H](C)C(=O)NC2CCCC2)cc1C. The zero-order valence-electron chi connectivity index (χ0n) is 17.8. The van der Waals surface area contributed by atoms with E-state index in [-0.39, 0.29) is 17.9 Å². The summed E-state index contributed by atoms with van der Waals surface area (Å²) in [6.07, 6.45) is 4.70. The number of nitrogens with zero attached hydrogens (tertiary/aromatic N) is 1. The molecule has 1 aliphatic carbocycles. The molecule has 0 radical (unpaired) electrons. The first kappa shape index (κ1) is 21.1. The highest BCUT2D eigenvalue weighted by Gasteiger charge is 2.28. The summed E-state index contributed by atoms with van der Waals surface area (Å²) in [5.74, 6) is -0.0764. The molecule has 0 spiro atoms. The molecule has 1 fully saturated rings. The maximum atomic E-state index is 13.2. The van der Waals surface area contributed by atoms with Gasteiger partial charge in [0.05, 0.1) is 6.42 Å². The van der Waals surface area contributed by atoms with Gasteiger partial charge in [0, 0.05) is 12.6 Å². The fourth-order valence-electron chi connectivity index (χ4n) is 3.94. The van der Waals surface area contributed by atoms with Gasteiger partial charge in [-0.2, -0.15) is 0 Å². The van der Waals surface area contributed by atoms with Crippen molar-refractivity contribution in [3.8, 4) is 0 Å². The Kier molecular flexibility index (Phi) is 7.08. The molecule has 1 atom stereocenters. The van der Waals surface area contributed by atoms with Gasteiger partial charge in [-0.25, -0.2) is 0 Å². The molecule has 1 saturated carbocycles. The van der Waals surface area contributed by atoms with Crippen LogP contribution in [0.5, 0.6) is 0 Å². The Balaban J connectivity index is 1.76. The van der Waals surface area contributed by atoms with E-state index in [1.807, 2.05) is 43.3 Å². The van der Waals surface area contributed by atoms with E-state index in [1.54, 1.807) is 4.90 Å². The molecule has 29 heavy (non-hydrogen) atoms. The molecule has 0 saturated heterocycles. The molecular formula is C25H32N2O2. The fourth-order valence-corrected chi connectivity index (χ4v) is 3.94. The van der Waals surface area contributed by atoms with Crippen LogP contribution in [0.15, 0.2) is 48.5 Å². The van der Waals surface area contributed by atoms with Gasteiger partial charge in [0.25, 0.3) is 0 Å². The van der Waals surface area contributed by atoms with E-state index in [1.165, 1.54) is 24.0 Å². The summed E-state index contributed by atoms with van der Waals surface area (Å²) in [4.78, 5) is 27.8. The van der Waals surface area contributed by atoms with E-state index in [9.17, 15) is 9.59 Å². The average molecular weight is 393 g/mol. The van der Waals surface area contributed by atoms with Gasteiger partial charge in [-0.05, 0) is 55.9 Å². The van der Waals surface area contributed by atoms with Crippen LogP contribution in [0.1, 0.15) is 54.9 Å². The van der Waals surface area contributed by atoms with Crippen LogP contribution in [0.4, 0.5) is 0 Å². The largest absolute Gasteiger partial charge is 0.352 e. The highest BCUT2D eigenvalue weighted by molar-refractivity contribution is 5.88. The Hall–Kier alpha value is -2.62. The van der Waals surface area contributed by atoms with Crippen LogP contribution in [-0.4, -0.2) is 28.8 Å². The molecule has 154 valence electrons. The third-order valence-corrected chi connectivity index (χ3v) is 5.99. The highest BCUT2D eigenvalue weighted by atomic mass is 16.2. The molecule has 0 unspecified atom stereocenters. The molecule has 0 heterocycles. The number of carbonyl (C=O) groups excluding carboxylic acids is 2. The van der Waals surface area contributed by atoms with E-state index in [0.29, 0.717) is 13.0 Å². The van der Waals surface area contributed by atoms with Crippen LogP contribution in [0.3, 0.4) is 0 Å². The number of carbonyl (C=O) groups is 2. The zero-order valence-corrected chi connectivity index (χ0v) is 17.8. The lowest BCUT2D eigenvalue weighted by Gasteiger charge is -2.30. The fraction of sp³-hybridized carbons (Fsp3) is 0.440. The summed E-state index contributed by atoms with van der Waals surface area (Å²) < 4.78 is 0. The van der Waals surface area contributed by atoms with Crippen molar-refractivity contribution in [2.45, 2.75) is 71.5 Å². The molecule has 3 rings (SSSR count). The number of rotatable bonds is 7. The van der Waals surface area contributed by atoms with Gasteiger partial charge in [-0.1, -0.05) is 61.4 Å². The Morgan fingerprint density at radius 3 is 2.34 bits per heavy atom. The van der Waals surface area contributed by atoms with Gasteiger partial charge in [0.1, 0.15) is 6.04 Å². The lowest BCUT2D eigenvalue weighted by Crippen LogP contribution is -2.50. The number of hydrogen-bond acceptors (Lipinski definition) is 2. The van der Waals surface area contributed by atoms with Crippen LogP contribution < -0.4 is 5.32 Å². The first-order valence-corrected chi connectivity index (χ1v) is 10.6. The van der Waals surface area contributed by atoms with E-state index in [4.69, 9.17) is 0 Å². The number of hydrogen-bond donors (Lipinski definition) is 1. The predicted molar refractivity (Wildman–Crippen MR) is 116 cm³/mol. The summed E-state index contributed by atoms with van der Waals surface area (Å²) in [5.41, 5.74) is 4.41. The summed E-state index contributed by atoms with van der Waals surface area (Å²) in [5, 5.41) is 3.15. The summed E-state index contributed by atoms with van der Waals surface area (Å²) >= 11 is 0. The molecule has 0 aliphatic heterocycles. The van der Waals surface area contributed by atoms with E-state index in [2.05, 4.69) is 31.3 Å². The minimum atomic E-state index is -0.505. The normalized spacial score (nSPS) is 15.1. The second kappa shape index (κ2) is 9.73. The maximum Gasteiger partial charge on any atom is 0.242 e. The minimum Gasteiger partial charge on any atom is -0.352 e. The molecule has 2 aromatic rings. The number of benzene rings is 2. The van der Waals surface area contributed by atoms with Gasteiger partial charge in [-0.15, -0.1) is 0 Å². The van der Waals surface area contributed by atoms with Gasteiger partial charge < -0.3 is 10.2 Å². The van der Waals surface area contributed by atoms with Crippen molar-refractivity contribution in [3.05, 3.63) is 70.8 Å². The molecule has 1 aliphatic rings. The average Bonchev–Trinajstić information content (AvgIpc) is 3.22.